The topological polar surface area (TPSA) is 67.8 Å². The molecule has 3 aliphatic rings. The van der Waals surface area contributed by atoms with Crippen molar-refractivity contribution in [3.63, 3.8) is 0 Å². The number of hydrogen-bond donors (Lipinski definition) is 0. The molecule has 3 aliphatic heterocycles. The molecule has 0 unspecified atom stereocenters. The maximum Gasteiger partial charge on any atom is 0.410 e. The van der Waals surface area contributed by atoms with Crippen LogP contribution in [-0.4, -0.2) is 64.1 Å². The van der Waals surface area contributed by atoms with E-state index in [0.717, 1.165) is 12.8 Å². The second-order valence-electron chi connectivity index (χ2n) is 9.25. The molecule has 2 fully saturated rings. The molecular formula is C21H23BrF2N4O3S. The lowest BCUT2D eigenvalue weighted by atomic mass is 10.0. The van der Waals surface area contributed by atoms with Gasteiger partial charge in [-0.15, -0.1) is 0 Å². The van der Waals surface area contributed by atoms with Gasteiger partial charge in [-0.3, -0.25) is 4.90 Å². The van der Waals surface area contributed by atoms with Crippen molar-refractivity contribution in [3.05, 3.63) is 16.1 Å². The largest absolute Gasteiger partial charge is 0.487 e. The van der Waals surface area contributed by atoms with E-state index in [1.54, 1.807) is 11.2 Å². The highest BCUT2D eigenvalue weighted by Crippen LogP contribution is 2.46. The smallest absolute Gasteiger partial charge is 0.410 e. The molecule has 0 saturated carbocycles. The van der Waals surface area contributed by atoms with Crippen LogP contribution in [0.4, 0.5) is 19.4 Å². The van der Waals surface area contributed by atoms with Crippen LogP contribution in [0.5, 0.6) is 5.75 Å². The minimum absolute atomic E-state index is 0.0187. The molecule has 5 rings (SSSR count). The fourth-order valence-corrected chi connectivity index (χ4v) is 5.62. The Labute approximate surface area is 197 Å². The summed E-state index contributed by atoms with van der Waals surface area (Å²) in [6, 6.07) is -0.541. The van der Waals surface area contributed by atoms with Crippen LogP contribution >= 0.6 is 27.7 Å². The molecule has 1 amide bonds. The van der Waals surface area contributed by atoms with Gasteiger partial charge in [-0.1, -0.05) is 11.8 Å². The lowest BCUT2D eigenvalue weighted by Crippen LogP contribution is -2.63. The summed E-state index contributed by atoms with van der Waals surface area (Å²) in [6.45, 7) is 6.12. The van der Waals surface area contributed by atoms with Gasteiger partial charge in [0.25, 0.3) is 0 Å². The maximum atomic E-state index is 15.1. The SMILES string of the molecule is CSc1nc2c3c(c(F)c(Br)c(F)c3n1)OC[C@@H]1[C@@H]3CC[C@H](CN21)N3C(=O)OC(C)(C)C. The Balaban J connectivity index is 1.63. The Kier molecular flexibility index (Phi) is 5.20. The van der Waals surface area contributed by atoms with Crippen LogP contribution in [0.25, 0.3) is 10.9 Å². The number of ether oxygens (including phenoxy) is 2. The van der Waals surface area contributed by atoms with Gasteiger partial charge >= 0.3 is 6.09 Å². The first-order valence-corrected chi connectivity index (χ1v) is 12.5. The number of rotatable bonds is 1. The minimum Gasteiger partial charge on any atom is -0.487 e. The number of anilines is 1. The molecule has 0 aliphatic carbocycles. The number of piperazine rings is 1. The molecule has 7 nitrogen and oxygen atoms in total. The molecule has 2 bridgehead atoms. The summed E-state index contributed by atoms with van der Waals surface area (Å²) in [5.74, 6) is -1.21. The van der Waals surface area contributed by atoms with Gasteiger partial charge in [-0.25, -0.2) is 23.5 Å². The van der Waals surface area contributed by atoms with Gasteiger partial charge in [0.15, 0.2) is 22.5 Å². The van der Waals surface area contributed by atoms with Crippen molar-refractivity contribution in [2.24, 2.45) is 0 Å². The summed E-state index contributed by atoms with van der Waals surface area (Å²) in [5, 5.41) is 0.618. The number of nitrogens with zero attached hydrogens (tertiary/aromatic N) is 4. The molecule has 2 aromatic rings. The molecule has 172 valence electrons. The molecule has 0 radical (unpaired) electrons. The van der Waals surface area contributed by atoms with Crippen LogP contribution in [0.2, 0.25) is 0 Å². The molecule has 2 saturated heterocycles. The highest BCUT2D eigenvalue weighted by atomic mass is 79.9. The fraction of sp³-hybridized carbons (Fsp3) is 0.571. The van der Waals surface area contributed by atoms with Crippen LogP contribution in [0, 0.1) is 11.6 Å². The predicted molar refractivity (Wildman–Crippen MR) is 120 cm³/mol. The van der Waals surface area contributed by atoms with Crippen molar-refractivity contribution in [1.82, 2.24) is 14.9 Å². The van der Waals surface area contributed by atoms with E-state index in [9.17, 15) is 4.79 Å². The highest BCUT2D eigenvalue weighted by Gasteiger charge is 2.51. The van der Waals surface area contributed by atoms with Crippen LogP contribution in [0.15, 0.2) is 9.63 Å². The molecule has 0 spiro atoms. The number of hydrogen-bond acceptors (Lipinski definition) is 7. The average molecular weight is 529 g/mol. The summed E-state index contributed by atoms with van der Waals surface area (Å²) in [4.78, 5) is 25.8. The van der Waals surface area contributed by atoms with Crippen LogP contribution in [0.3, 0.4) is 0 Å². The zero-order chi connectivity index (χ0) is 22.9. The number of amides is 1. The molecule has 11 heteroatoms. The van der Waals surface area contributed by atoms with E-state index in [4.69, 9.17) is 9.47 Å². The number of fused-ring (bicyclic) bond motifs is 5. The third-order valence-electron chi connectivity index (χ3n) is 6.14. The van der Waals surface area contributed by atoms with Crippen LogP contribution < -0.4 is 9.64 Å². The second-order valence-corrected chi connectivity index (χ2v) is 10.8. The molecular weight excluding hydrogens is 506 g/mol. The number of carbonyl (C=O) groups is 1. The maximum absolute atomic E-state index is 15.1. The molecule has 1 aromatic carbocycles. The second kappa shape index (κ2) is 7.58. The fourth-order valence-electron chi connectivity index (χ4n) is 4.89. The molecule has 32 heavy (non-hydrogen) atoms. The van der Waals surface area contributed by atoms with Crippen molar-refractivity contribution in [2.45, 2.75) is 62.5 Å². The monoisotopic (exact) mass is 528 g/mol. The number of aromatic nitrogens is 2. The van der Waals surface area contributed by atoms with Gasteiger partial charge in [-0.2, -0.15) is 0 Å². The Bertz CT molecular complexity index is 1130. The first-order valence-electron chi connectivity index (χ1n) is 10.4. The van der Waals surface area contributed by atoms with E-state index in [0.29, 0.717) is 17.5 Å². The quantitative estimate of drug-likeness (QED) is 0.300. The van der Waals surface area contributed by atoms with Gasteiger partial charge in [0.05, 0.1) is 28.0 Å². The number of thioether (sulfide) groups is 1. The van der Waals surface area contributed by atoms with Gasteiger partial charge in [0.2, 0.25) is 0 Å². The van der Waals surface area contributed by atoms with Gasteiger partial charge < -0.3 is 14.4 Å². The van der Waals surface area contributed by atoms with E-state index < -0.39 is 17.2 Å². The van der Waals surface area contributed by atoms with E-state index in [1.165, 1.54) is 11.8 Å². The molecule has 4 heterocycles. The summed E-state index contributed by atoms with van der Waals surface area (Å²) in [5.41, 5.74) is -0.590. The highest BCUT2D eigenvalue weighted by molar-refractivity contribution is 9.10. The van der Waals surface area contributed by atoms with E-state index in [-0.39, 0.29) is 52.0 Å². The van der Waals surface area contributed by atoms with Crippen molar-refractivity contribution in [3.8, 4) is 5.75 Å². The van der Waals surface area contributed by atoms with Crippen molar-refractivity contribution in [1.29, 1.82) is 0 Å². The summed E-state index contributed by atoms with van der Waals surface area (Å²) in [6.07, 6.45) is 3.04. The van der Waals surface area contributed by atoms with E-state index in [1.807, 2.05) is 25.7 Å². The lowest BCUT2D eigenvalue weighted by Gasteiger charge is -2.46. The number of benzene rings is 1. The van der Waals surface area contributed by atoms with Crippen molar-refractivity contribution < 1.29 is 23.0 Å². The van der Waals surface area contributed by atoms with Gasteiger partial charge in [0.1, 0.15) is 23.5 Å². The summed E-state index contributed by atoms with van der Waals surface area (Å²) < 4.78 is 41.3. The Hall–Kier alpha value is -1.88. The van der Waals surface area contributed by atoms with Crippen molar-refractivity contribution >= 4 is 50.5 Å². The zero-order valence-electron chi connectivity index (χ0n) is 18.1. The predicted octanol–water partition coefficient (Wildman–Crippen LogP) is 4.74. The normalized spacial score (nSPS) is 24.3. The molecule has 0 N–H and O–H groups in total. The van der Waals surface area contributed by atoms with Gasteiger partial charge in [-0.05, 0) is 55.8 Å². The third kappa shape index (κ3) is 3.30. The molecule has 1 aromatic heterocycles. The summed E-state index contributed by atoms with van der Waals surface area (Å²) >= 11 is 4.29. The van der Waals surface area contributed by atoms with E-state index in [2.05, 4.69) is 25.9 Å². The Morgan fingerprint density at radius 1 is 1.22 bits per heavy atom. The van der Waals surface area contributed by atoms with Crippen molar-refractivity contribution in [2.75, 3.05) is 24.3 Å². The zero-order valence-corrected chi connectivity index (χ0v) is 20.5. The Morgan fingerprint density at radius 2 is 1.97 bits per heavy atom. The standard InChI is InChI=1S/C21H23BrF2N4O3S/c1-21(2,3)31-20(29)28-9-5-6-10(28)11-8-30-17-12-16(14(23)13(22)15(17)24)25-19(32-4)26-18(12)27(11)7-9/h9-11H,5-8H2,1-4H3/t9-,10+,11-/m1/s1. The van der Waals surface area contributed by atoms with Crippen LogP contribution in [-0.2, 0) is 4.74 Å². The minimum atomic E-state index is -0.814. The van der Waals surface area contributed by atoms with Gasteiger partial charge in [0, 0.05) is 6.54 Å². The number of carbonyl (C=O) groups excluding carboxylic acids is 1. The van der Waals surface area contributed by atoms with Crippen LogP contribution in [0.1, 0.15) is 33.6 Å². The lowest BCUT2D eigenvalue weighted by molar-refractivity contribution is 0.00538. The average Bonchev–Trinajstić information content (AvgIpc) is 2.96. The first kappa shape index (κ1) is 21.9. The first-order chi connectivity index (χ1) is 15.1. The number of halogens is 3. The third-order valence-corrected chi connectivity index (χ3v) is 7.39. The Morgan fingerprint density at radius 3 is 2.66 bits per heavy atom. The van der Waals surface area contributed by atoms with E-state index >= 15 is 8.78 Å². The summed E-state index contributed by atoms with van der Waals surface area (Å²) in [7, 11) is 0. The molecule has 3 atom stereocenters.